The summed E-state index contributed by atoms with van der Waals surface area (Å²) in [6, 6.07) is 10.5. The van der Waals surface area contributed by atoms with Crippen LogP contribution in [-0.4, -0.2) is 24.2 Å². The number of carbonyl (C=O) groups excluding carboxylic acids is 1. The largest absolute Gasteiger partial charge is 0.497 e. The van der Waals surface area contributed by atoms with Crippen LogP contribution >= 0.6 is 0 Å². The number of esters is 1. The van der Waals surface area contributed by atoms with Gasteiger partial charge in [0.05, 0.1) is 24.9 Å². The van der Waals surface area contributed by atoms with E-state index in [1.54, 1.807) is 6.26 Å². The van der Waals surface area contributed by atoms with Gasteiger partial charge >= 0.3 is 5.97 Å². The van der Waals surface area contributed by atoms with Gasteiger partial charge in [-0.25, -0.2) is 9.36 Å². The third kappa shape index (κ3) is 2.09. The molecule has 5 nitrogen and oxygen atoms in total. The van der Waals surface area contributed by atoms with Gasteiger partial charge in [0.1, 0.15) is 11.6 Å². The summed E-state index contributed by atoms with van der Waals surface area (Å²) in [5.74, 6) is 0.0841. The number of para-hydroxylation sites is 1. The topological polar surface area (TPSA) is 55.2 Å². The number of carbonyl (C=O) groups is 1. The Morgan fingerprint density at radius 3 is 2.96 bits per heavy atom. The number of benzene rings is 1. The molecule has 0 spiro atoms. The molecule has 0 amide bonds. The van der Waals surface area contributed by atoms with Crippen LogP contribution < -0.4 is 4.57 Å². The summed E-state index contributed by atoms with van der Waals surface area (Å²) in [5.41, 5.74) is 4.19. The number of aromatic amines is 1. The number of H-pyrrole nitrogens is 1. The second-order valence-corrected chi connectivity index (χ2v) is 7.25. The predicted octanol–water partition coefficient (Wildman–Crippen LogP) is 2.87. The lowest BCUT2D eigenvalue weighted by atomic mass is 9.76. The van der Waals surface area contributed by atoms with Gasteiger partial charge in [0.2, 0.25) is 5.69 Å². The van der Waals surface area contributed by atoms with E-state index < -0.39 is 0 Å². The summed E-state index contributed by atoms with van der Waals surface area (Å²) >= 11 is 0. The van der Waals surface area contributed by atoms with E-state index in [0.717, 1.165) is 24.0 Å². The minimum absolute atomic E-state index is 0.0764. The third-order valence-electron chi connectivity index (χ3n) is 5.97. The molecule has 0 unspecified atom stereocenters. The Hall–Kier alpha value is -2.82. The van der Waals surface area contributed by atoms with Crippen LogP contribution in [0.2, 0.25) is 0 Å². The van der Waals surface area contributed by atoms with E-state index in [1.807, 2.05) is 6.07 Å². The number of nitrogens with zero attached hydrogens (tertiary/aromatic N) is 1. The Bertz CT molecular complexity index is 1070. The number of pyridine rings is 1. The molecular formula is C21H21N2O3+. The Labute approximate surface area is 151 Å². The van der Waals surface area contributed by atoms with Gasteiger partial charge in [-0.05, 0) is 13.0 Å². The second-order valence-electron chi connectivity index (χ2n) is 7.25. The molecule has 132 valence electrons. The van der Waals surface area contributed by atoms with E-state index in [1.165, 1.54) is 23.6 Å². The molecule has 0 aliphatic carbocycles. The zero-order valence-corrected chi connectivity index (χ0v) is 14.9. The average Bonchev–Trinajstić information content (AvgIpc) is 3.06. The highest BCUT2D eigenvalue weighted by molar-refractivity contribution is 6.07. The normalized spacial score (nSPS) is 24.5. The van der Waals surface area contributed by atoms with Gasteiger partial charge in [-0.15, -0.1) is 0 Å². The van der Waals surface area contributed by atoms with Gasteiger partial charge in [-0.1, -0.05) is 18.2 Å². The molecule has 0 radical (unpaired) electrons. The fraction of sp³-hybridized carbons (Fsp3) is 0.333. The number of hydrogen-bond donors (Lipinski definition) is 1. The smallest absolute Gasteiger partial charge is 0.337 e. The van der Waals surface area contributed by atoms with Crippen molar-refractivity contribution in [3.8, 4) is 0 Å². The van der Waals surface area contributed by atoms with Gasteiger partial charge in [-0.2, -0.15) is 0 Å². The highest BCUT2D eigenvalue weighted by Crippen LogP contribution is 2.38. The Balaban J connectivity index is 1.68. The molecule has 1 aromatic carbocycles. The van der Waals surface area contributed by atoms with Gasteiger partial charge in [0.25, 0.3) is 0 Å². The molecule has 4 heterocycles. The van der Waals surface area contributed by atoms with Crippen molar-refractivity contribution in [3.05, 3.63) is 54.1 Å². The molecule has 3 aromatic rings. The predicted molar refractivity (Wildman–Crippen MR) is 97.3 cm³/mol. The molecule has 3 atom stereocenters. The van der Waals surface area contributed by atoms with Crippen molar-refractivity contribution in [1.82, 2.24) is 4.98 Å². The zero-order valence-electron chi connectivity index (χ0n) is 14.9. The lowest BCUT2D eigenvalue weighted by molar-refractivity contribution is -0.717. The minimum atomic E-state index is -0.288. The van der Waals surface area contributed by atoms with Crippen molar-refractivity contribution in [2.45, 2.75) is 26.0 Å². The quantitative estimate of drug-likeness (QED) is 0.543. The van der Waals surface area contributed by atoms with Crippen LogP contribution in [0.25, 0.3) is 21.8 Å². The fourth-order valence-corrected chi connectivity index (χ4v) is 4.57. The molecule has 0 saturated carbocycles. The Kier molecular flexibility index (Phi) is 3.32. The first-order valence-corrected chi connectivity index (χ1v) is 9.03. The first-order valence-electron chi connectivity index (χ1n) is 9.03. The van der Waals surface area contributed by atoms with Crippen molar-refractivity contribution in [2.75, 3.05) is 7.11 Å². The van der Waals surface area contributed by atoms with Crippen LogP contribution in [0.1, 0.15) is 12.6 Å². The monoisotopic (exact) mass is 349 g/mol. The summed E-state index contributed by atoms with van der Waals surface area (Å²) in [6.07, 6.45) is 4.64. The molecule has 5 rings (SSSR count). The van der Waals surface area contributed by atoms with Crippen LogP contribution in [-0.2, 0) is 27.2 Å². The molecular weight excluding hydrogens is 328 g/mol. The summed E-state index contributed by atoms with van der Waals surface area (Å²) in [6.45, 7) is 2.91. The molecule has 26 heavy (non-hydrogen) atoms. The number of fused-ring (bicyclic) bond motifs is 6. The Morgan fingerprint density at radius 1 is 1.27 bits per heavy atom. The molecule has 0 bridgehead atoms. The maximum absolute atomic E-state index is 12.3. The van der Waals surface area contributed by atoms with Crippen LogP contribution in [0.3, 0.4) is 0 Å². The molecule has 0 saturated heterocycles. The summed E-state index contributed by atoms with van der Waals surface area (Å²) in [7, 11) is 1.43. The van der Waals surface area contributed by atoms with Crippen molar-refractivity contribution >= 4 is 27.8 Å². The fourth-order valence-electron chi connectivity index (χ4n) is 4.57. The van der Waals surface area contributed by atoms with Crippen molar-refractivity contribution < 1.29 is 18.8 Å². The summed E-state index contributed by atoms with van der Waals surface area (Å²) in [4.78, 5) is 15.8. The van der Waals surface area contributed by atoms with Crippen LogP contribution in [0, 0.1) is 11.8 Å². The van der Waals surface area contributed by atoms with Gasteiger partial charge in [-0.3, -0.25) is 0 Å². The van der Waals surface area contributed by atoms with Crippen molar-refractivity contribution in [2.24, 2.45) is 11.8 Å². The number of aromatic nitrogens is 2. The highest BCUT2D eigenvalue weighted by Gasteiger charge is 2.45. The average molecular weight is 349 g/mol. The highest BCUT2D eigenvalue weighted by atomic mass is 16.5. The summed E-state index contributed by atoms with van der Waals surface area (Å²) in [5, 5.41) is 2.46. The van der Waals surface area contributed by atoms with Gasteiger partial charge in [0.15, 0.2) is 12.7 Å². The zero-order chi connectivity index (χ0) is 17.8. The van der Waals surface area contributed by atoms with E-state index in [2.05, 4.69) is 46.9 Å². The Morgan fingerprint density at radius 2 is 2.12 bits per heavy atom. The number of hydrogen-bond acceptors (Lipinski definition) is 3. The first-order chi connectivity index (χ1) is 12.7. The van der Waals surface area contributed by atoms with Crippen LogP contribution in [0.15, 0.2) is 48.4 Å². The van der Waals surface area contributed by atoms with Crippen LogP contribution in [0.4, 0.5) is 0 Å². The number of nitrogens with one attached hydrogen (secondary N) is 1. The second kappa shape index (κ2) is 5.59. The lowest BCUT2D eigenvalue weighted by Gasteiger charge is -2.36. The van der Waals surface area contributed by atoms with Crippen molar-refractivity contribution in [1.29, 1.82) is 0 Å². The number of rotatable bonds is 1. The maximum Gasteiger partial charge on any atom is 0.337 e. The number of methoxy groups -OCH3 is 1. The molecule has 2 aliphatic rings. The maximum atomic E-state index is 12.3. The van der Waals surface area contributed by atoms with Crippen LogP contribution in [0.5, 0.6) is 0 Å². The first kappa shape index (κ1) is 15.4. The number of ether oxygens (including phenoxy) is 2. The lowest BCUT2D eigenvalue weighted by Crippen LogP contribution is -2.53. The third-order valence-corrected chi connectivity index (χ3v) is 5.97. The van der Waals surface area contributed by atoms with E-state index in [4.69, 9.17) is 9.47 Å². The minimum Gasteiger partial charge on any atom is -0.497 e. The molecule has 0 fully saturated rings. The molecule has 5 heteroatoms. The van der Waals surface area contributed by atoms with E-state index in [-0.39, 0.29) is 23.9 Å². The standard InChI is InChI=1S/C21H20N2O3/c1-12-16-10-23-8-7-14-13-5-3-4-6-18(13)22-20(14)19(23)9-15(16)17(11-26-12)21(24)25-2/h3-8,11-12,15-16H,9-10H2,1-2H3/p+1/t12-,15-,16+/m1/s1. The SMILES string of the molecule is COC(=O)C1=CO[C@H](C)[C@@H]2C[n+]3ccc4c([nH]c5ccccc54)c3C[C@@H]12. The van der Waals surface area contributed by atoms with E-state index >= 15 is 0 Å². The van der Waals surface area contributed by atoms with E-state index in [9.17, 15) is 4.79 Å². The van der Waals surface area contributed by atoms with Crippen molar-refractivity contribution in [3.63, 3.8) is 0 Å². The van der Waals surface area contributed by atoms with Gasteiger partial charge < -0.3 is 14.5 Å². The molecule has 1 N–H and O–H groups in total. The molecule has 2 aliphatic heterocycles. The van der Waals surface area contributed by atoms with E-state index in [0.29, 0.717) is 5.57 Å². The van der Waals surface area contributed by atoms with Gasteiger partial charge in [0, 0.05) is 34.7 Å². The molecule has 2 aromatic heterocycles. The summed E-state index contributed by atoms with van der Waals surface area (Å²) < 4.78 is 13.0.